The Hall–Kier alpha value is -1.51. The quantitative estimate of drug-likeness (QED) is 0.815. The highest BCUT2D eigenvalue weighted by Crippen LogP contribution is 2.76. The van der Waals surface area contributed by atoms with Gasteiger partial charge in [0.05, 0.1) is 17.6 Å². The summed E-state index contributed by atoms with van der Waals surface area (Å²) in [5.74, 6) is 2.36. The molecule has 3 heteroatoms. The van der Waals surface area contributed by atoms with Crippen molar-refractivity contribution in [2.45, 2.75) is 32.6 Å². The van der Waals surface area contributed by atoms with Crippen molar-refractivity contribution in [3.8, 4) is 5.75 Å². The SMILES string of the molecule is CC(C)c1ccc2c(c1)N(C(=O)C13CC1C3)CCO2. The first-order valence-corrected chi connectivity index (χ1v) is 7.20. The van der Waals surface area contributed by atoms with Crippen LogP contribution in [0, 0.1) is 11.3 Å². The third kappa shape index (κ3) is 1.54. The normalized spacial score (nSPS) is 30.5. The highest BCUT2D eigenvalue weighted by molar-refractivity contribution is 6.03. The Morgan fingerprint density at radius 3 is 2.79 bits per heavy atom. The number of anilines is 1. The van der Waals surface area contributed by atoms with Gasteiger partial charge in [-0.1, -0.05) is 19.9 Å². The predicted molar refractivity (Wildman–Crippen MR) is 73.5 cm³/mol. The number of fused-ring (bicyclic) bond motifs is 2. The number of hydrogen-bond acceptors (Lipinski definition) is 2. The number of carbonyl (C=O) groups excluding carboxylic acids is 1. The monoisotopic (exact) mass is 257 g/mol. The van der Waals surface area contributed by atoms with Crippen LogP contribution in [-0.4, -0.2) is 19.1 Å². The van der Waals surface area contributed by atoms with Crippen LogP contribution in [0.3, 0.4) is 0 Å². The lowest BCUT2D eigenvalue weighted by Gasteiger charge is -2.31. The van der Waals surface area contributed by atoms with Gasteiger partial charge in [-0.3, -0.25) is 4.79 Å². The van der Waals surface area contributed by atoms with Gasteiger partial charge in [-0.2, -0.15) is 0 Å². The van der Waals surface area contributed by atoms with Crippen LogP contribution in [0.4, 0.5) is 5.69 Å². The molecule has 19 heavy (non-hydrogen) atoms. The van der Waals surface area contributed by atoms with Crippen molar-refractivity contribution in [1.29, 1.82) is 0 Å². The second-order valence-electron chi connectivity index (χ2n) is 6.45. The molecule has 2 saturated carbocycles. The molecule has 2 aliphatic carbocycles. The molecule has 1 heterocycles. The molecule has 3 aliphatic rings. The Kier molecular flexibility index (Phi) is 2.10. The van der Waals surface area contributed by atoms with Crippen LogP contribution in [0.15, 0.2) is 18.2 Å². The van der Waals surface area contributed by atoms with E-state index in [1.165, 1.54) is 5.56 Å². The van der Waals surface area contributed by atoms with Gasteiger partial charge in [0.15, 0.2) is 0 Å². The zero-order valence-electron chi connectivity index (χ0n) is 11.5. The smallest absolute Gasteiger partial charge is 0.233 e. The molecule has 0 aromatic heterocycles. The molecule has 1 amide bonds. The van der Waals surface area contributed by atoms with E-state index in [1.807, 2.05) is 11.0 Å². The minimum atomic E-state index is 0.0441. The van der Waals surface area contributed by atoms with Crippen molar-refractivity contribution < 1.29 is 9.53 Å². The van der Waals surface area contributed by atoms with E-state index in [2.05, 4.69) is 26.0 Å². The van der Waals surface area contributed by atoms with Crippen molar-refractivity contribution in [2.75, 3.05) is 18.1 Å². The molecular formula is C16H19NO2. The summed E-state index contributed by atoms with van der Waals surface area (Å²) < 4.78 is 5.69. The lowest BCUT2D eigenvalue weighted by atomic mass is 10.0. The van der Waals surface area contributed by atoms with Gasteiger partial charge < -0.3 is 9.64 Å². The first-order chi connectivity index (χ1) is 9.12. The van der Waals surface area contributed by atoms with Crippen molar-refractivity contribution in [3.63, 3.8) is 0 Å². The second kappa shape index (κ2) is 3.53. The fourth-order valence-electron chi connectivity index (χ4n) is 3.12. The zero-order chi connectivity index (χ0) is 13.2. The third-order valence-electron chi connectivity index (χ3n) is 4.87. The van der Waals surface area contributed by atoms with E-state index in [4.69, 9.17) is 4.74 Å². The molecule has 1 aromatic rings. The average Bonchev–Trinajstić information content (AvgIpc) is 3.25. The van der Waals surface area contributed by atoms with Crippen molar-refractivity contribution >= 4 is 11.6 Å². The molecule has 1 aliphatic heterocycles. The Labute approximate surface area is 113 Å². The molecule has 1 aromatic carbocycles. The van der Waals surface area contributed by atoms with Gasteiger partial charge in [-0.05, 0) is 42.4 Å². The molecule has 0 unspecified atom stereocenters. The number of ether oxygens (including phenoxy) is 1. The minimum Gasteiger partial charge on any atom is -0.490 e. The molecular weight excluding hydrogens is 238 g/mol. The van der Waals surface area contributed by atoms with Gasteiger partial charge in [0.1, 0.15) is 12.4 Å². The maximum atomic E-state index is 12.6. The molecule has 0 N–H and O–H groups in total. The number of hydrogen-bond donors (Lipinski definition) is 0. The van der Waals surface area contributed by atoms with Crippen LogP contribution >= 0.6 is 0 Å². The molecule has 0 atom stereocenters. The van der Waals surface area contributed by atoms with Crippen LogP contribution in [0.1, 0.15) is 38.2 Å². The average molecular weight is 257 g/mol. The standard InChI is InChI=1S/C16H19NO2/c1-10(2)11-3-4-14-13(7-11)17(5-6-19-14)15(18)16-8-12(16)9-16/h3-4,7,10,12H,5-6,8-9H2,1-2H3. The molecule has 2 fully saturated rings. The highest BCUT2D eigenvalue weighted by atomic mass is 16.5. The molecule has 3 nitrogen and oxygen atoms in total. The van der Waals surface area contributed by atoms with Gasteiger partial charge in [0.2, 0.25) is 5.91 Å². The number of carbonyl (C=O) groups is 1. The molecule has 0 radical (unpaired) electrons. The maximum Gasteiger partial charge on any atom is 0.233 e. The summed E-state index contributed by atoms with van der Waals surface area (Å²) in [5.41, 5.74) is 2.29. The van der Waals surface area contributed by atoms with Crippen LogP contribution in [0.2, 0.25) is 0 Å². The highest BCUT2D eigenvalue weighted by Gasteiger charge is 2.75. The molecule has 0 saturated heterocycles. The third-order valence-corrected chi connectivity index (χ3v) is 4.87. The predicted octanol–water partition coefficient (Wildman–Crippen LogP) is 2.95. The van der Waals surface area contributed by atoms with E-state index in [9.17, 15) is 4.79 Å². The van der Waals surface area contributed by atoms with Gasteiger partial charge in [-0.25, -0.2) is 0 Å². The Bertz CT molecular complexity index is 558. The van der Waals surface area contributed by atoms with E-state index in [1.54, 1.807) is 0 Å². The number of amides is 1. The van der Waals surface area contributed by atoms with Crippen molar-refractivity contribution in [1.82, 2.24) is 0 Å². The van der Waals surface area contributed by atoms with Gasteiger partial charge in [0.25, 0.3) is 0 Å². The zero-order valence-corrected chi connectivity index (χ0v) is 11.5. The largest absolute Gasteiger partial charge is 0.490 e. The topological polar surface area (TPSA) is 29.5 Å². The lowest BCUT2D eigenvalue weighted by Crippen LogP contribution is -2.40. The number of benzene rings is 1. The van der Waals surface area contributed by atoms with E-state index in [0.717, 1.165) is 24.3 Å². The van der Waals surface area contributed by atoms with E-state index < -0.39 is 0 Å². The molecule has 4 rings (SSSR count). The molecule has 0 bridgehead atoms. The second-order valence-corrected chi connectivity index (χ2v) is 6.45. The summed E-state index contributed by atoms with van der Waals surface area (Å²) in [6.07, 6.45) is 2.23. The summed E-state index contributed by atoms with van der Waals surface area (Å²) >= 11 is 0. The maximum absolute atomic E-state index is 12.6. The Morgan fingerprint density at radius 2 is 2.16 bits per heavy atom. The van der Waals surface area contributed by atoms with E-state index in [0.29, 0.717) is 30.9 Å². The summed E-state index contributed by atoms with van der Waals surface area (Å²) in [6.45, 7) is 5.66. The fraction of sp³-hybridized carbons (Fsp3) is 0.562. The van der Waals surface area contributed by atoms with E-state index in [-0.39, 0.29) is 5.41 Å². The molecule has 0 spiro atoms. The van der Waals surface area contributed by atoms with Gasteiger partial charge >= 0.3 is 0 Å². The Morgan fingerprint density at radius 1 is 1.42 bits per heavy atom. The van der Waals surface area contributed by atoms with Crippen molar-refractivity contribution in [2.24, 2.45) is 11.3 Å². The molecule has 100 valence electrons. The summed E-state index contributed by atoms with van der Waals surface area (Å²) in [6, 6.07) is 6.25. The van der Waals surface area contributed by atoms with Crippen LogP contribution in [0.5, 0.6) is 5.75 Å². The van der Waals surface area contributed by atoms with Gasteiger partial charge in [-0.15, -0.1) is 0 Å². The number of rotatable bonds is 2. The van der Waals surface area contributed by atoms with Crippen LogP contribution in [-0.2, 0) is 4.79 Å². The Balaban J connectivity index is 1.72. The van der Waals surface area contributed by atoms with E-state index >= 15 is 0 Å². The summed E-state index contributed by atoms with van der Waals surface area (Å²) in [5, 5.41) is 0. The van der Waals surface area contributed by atoms with Crippen LogP contribution < -0.4 is 9.64 Å². The first-order valence-electron chi connectivity index (χ1n) is 7.20. The van der Waals surface area contributed by atoms with Crippen LogP contribution in [0.25, 0.3) is 0 Å². The summed E-state index contributed by atoms with van der Waals surface area (Å²) in [4.78, 5) is 14.6. The van der Waals surface area contributed by atoms with Crippen molar-refractivity contribution in [3.05, 3.63) is 23.8 Å². The summed E-state index contributed by atoms with van der Waals surface area (Å²) in [7, 11) is 0. The first kappa shape index (κ1) is 11.3. The van der Waals surface area contributed by atoms with Gasteiger partial charge in [0, 0.05) is 0 Å². The fourth-order valence-corrected chi connectivity index (χ4v) is 3.12. The lowest BCUT2D eigenvalue weighted by molar-refractivity contribution is -0.121. The number of nitrogens with zero attached hydrogens (tertiary/aromatic N) is 1. The minimum absolute atomic E-state index is 0.0441.